The number of ether oxygens (including phenoxy) is 1. The van der Waals surface area contributed by atoms with E-state index in [1.54, 1.807) is 6.07 Å². The van der Waals surface area contributed by atoms with Crippen LogP contribution in [0.5, 0.6) is 5.75 Å². The molecule has 2 rings (SSSR count). The minimum atomic E-state index is -0.193. The quantitative estimate of drug-likeness (QED) is 0.884. The van der Waals surface area contributed by atoms with Crippen molar-refractivity contribution in [2.45, 2.75) is 45.6 Å². The van der Waals surface area contributed by atoms with Gasteiger partial charge in [-0.15, -0.1) is 0 Å². The molecule has 1 saturated carbocycles. The predicted molar refractivity (Wildman–Crippen MR) is 85.2 cm³/mol. The Labute approximate surface area is 128 Å². The summed E-state index contributed by atoms with van der Waals surface area (Å²) in [5, 5.41) is 3.43. The minimum absolute atomic E-state index is 0.193. The Morgan fingerprint density at radius 1 is 1.33 bits per heavy atom. The van der Waals surface area contributed by atoms with Crippen LogP contribution in [0.25, 0.3) is 0 Å². The summed E-state index contributed by atoms with van der Waals surface area (Å²) in [6.07, 6.45) is 4.44. The van der Waals surface area contributed by atoms with Crippen molar-refractivity contribution in [3.63, 3.8) is 0 Å². The van der Waals surface area contributed by atoms with Crippen LogP contribution in [0, 0.1) is 23.6 Å². The monoisotopic (exact) mass is 293 g/mol. The van der Waals surface area contributed by atoms with Gasteiger partial charge in [-0.3, -0.25) is 0 Å². The summed E-state index contributed by atoms with van der Waals surface area (Å²) in [6, 6.07) is 5.95. The third-order valence-corrected chi connectivity index (χ3v) is 5.08. The standard InChI is InChI=1S/C18H28FNO/c1-12(2)13-8-9-16(20-3)15(10-13)11-14-6-5-7-17(21-4)18(14)19/h5-7,12-13,15-16,20H,8-11H2,1-4H3. The maximum Gasteiger partial charge on any atom is 0.168 e. The first-order valence-electron chi connectivity index (χ1n) is 8.05. The topological polar surface area (TPSA) is 21.3 Å². The van der Waals surface area contributed by atoms with E-state index < -0.39 is 0 Å². The van der Waals surface area contributed by atoms with Gasteiger partial charge in [0.25, 0.3) is 0 Å². The summed E-state index contributed by atoms with van der Waals surface area (Å²) >= 11 is 0. The van der Waals surface area contributed by atoms with Gasteiger partial charge in [-0.1, -0.05) is 26.0 Å². The highest BCUT2D eigenvalue weighted by Crippen LogP contribution is 2.36. The average Bonchev–Trinajstić information content (AvgIpc) is 2.49. The Kier molecular flexibility index (Phi) is 5.63. The Balaban J connectivity index is 2.15. The zero-order valence-electron chi connectivity index (χ0n) is 13.7. The molecular weight excluding hydrogens is 265 g/mol. The van der Waals surface area contributed by atoms with Gasteiger partial charge in [0.05, 0.1) is 7.11 Å². The molecule has 0 heterocycles. The Morgan fingerprint density at radius 3 is 2.71 bits per heavy atom. The van der Waals surface area contributed by atoms with Gasteiger partial charge in [0.1, 0.15) is 0 Å². The molecule has 1 aromatic carbocycles. The fourth-order valence-electron chi connectivity index (χ4n) is 3.67. The molecule has 118 valence electrons. The van der Waals surface area contributed by atoms with E-state index in [-0.39, 0.29) is 5.82 Å². The lowest BCUT2D eigenvalue weighted by Crippen LogP contribution is -2.40. The van der Waals surface area contributed by atoms with E-state index in [4.69, 9.17) is 4.74 Å². The molecule has 0 saturated heterocycles. The fourth-order valence-corrected chi connectivity index (χ4v) is 3.67. The molecule has 0 aliphatic heterocycles. The number of rotatable bonds is 5. The maximum atomic E-state index is 14.4. The van der Waals surface area contributed by atoms with Gasteiger partial charge in [-0.2, -0.15) is 0 Å². The zero-order chi connectivity index (χ0) is 15.4. The number of hydrogen-bond acceptors (Lipinski definition) is 2. The Hall–Kier alpha value is -1.09. The molecule has 1 aliphatic rings. The third-order valence-electron chi connectivity index (χ3n) is 5.08. The first kappa shape index (κ1) is 16.3. The normalized spacial score (nSPS) is 26.1. The molecule has 1 aromatic rings. The molecule has 3 heteroatoms. The van der Waals surface area contributed by atoms with Gasteiger partial charge >= 0.3 is 0 Å². The number of nitrogens with one attached hydrogen (secondary N) is 1. The number of methoxy groups -OCH3 is 1. The van der Waals surface area contributed by atoms with Gasteiger partial charge in [-0.05, 0) is 62.1 Å². The highest BCUT2D eigenvalue weighted by molar-refractivity contribution is 5.31. The second kappa shape index (κ2) is 7.26. The van der Waals surface area contributed by atoms with Crippen molar-refractivity contribution in [2.24, 2.45) is 17.8 Å². The second-order valence-corrected chi connectivity index (χ2v) is 6.61. The molecule has 0 amide bonds. The van der Waals surface area contributed by atoms with Crippen LogP contribution in [-0.4, -0.2) is 20.2 Å². The molecule has 1 N–H and O–H groups in total. The van der Waals surface area contributed by atoms with E-state index in [1.165, 1.54) is 26.4 Å². The Morgan fingerprint density at radius 2 is 2.10 bits per heavy atom. The van der Waals surface area contributed by atoms with Crippen molar-refractivity contribution in [1.29, 1.82) is 0 Å². The van der Waals surface area contributed by atoms with Gasteiger partial charge in [-0.25, -0.2) is 4.39 Å². The van der Waals surface area contributed by atoms with Crippen LogP contribution in [0.15, 0.2) is 18.2 Å². The van der Waals surface area contributed by atoms with E-state index in [9.17, 15) is 4.39 Å². The lowest BCUT2D eigenvalue weighted by Gasteiger charge is -2.38. The molecule has 3 atom stereocenters. The van der Waals surface area contributed by atoms with Crippen LogP contribution in [0.2, 0.25) is 0 Å². The maximum absolute atomic E-state index is 14.4. The molecule has 1 aliphatic carbocycles. The highest BCUT2D eigenvalue weighted by atomic mass is 19.1. The number of benzene rings is 1. The summed E-state index contributed by atoms with van der Waals surface area (Å²) in [5.41, 5.74) is 0.781. The zero-order valence-corrected chi connectivity index (χ0v) is 13.7. The Bertz CT molecular complexity index is 461. The van der Waals surface area contributed by atoms with Crippen molar-refractivity contribution in [2.75, 3.05) is 14.2 Å². The van der Waals surface area contributed by atoms with Gasteiger partial charge in [0.2, 0.25) is 0 Å². The van der Waals surface area contributed by atoms with Crippen molar-refractivity contribution in [3.8, 4) is 5.75 Å². The van der Waals surface area contributed by atoms with Crippen molar-refractivity contribution < 1.29 is 9.13 Å². The van der Waals surface area contributed by atoms with E-state index in [0.717, 1.165) is 17.9 Å². The largest absolute Gasteiger partial charge is 0.494 e. The van der Waals surface area contributed by atoms with Gasteiger partial charge in [0, 0.05) is 6.04 Å². The summed E-state index contributed by atoms with van der Waals surface area (Å²) < 4.78 is 19.5. The first-order chi connectivity index (χ1) is 10.1. The predicted octanol–water partition coefficient (Wildman–Crippen LogP) is 4.04. The van der Waals surface area contributed by atoms with Crippen molar-refractivity contribution in [3.05, 3.63) is 29.6 Å². The van der Waals surface area contributed by atoms with Crippen molar-refractivity contribution in [1.82, 2.24) is 5.32 Å². The summed E-state index contributed by atoms with van der Waals surface area (Å²) in [5.74, 6) is 2.12. The molecular formula is C18H28FNO. The molecule has 0 bridgehead atoms. The number of hydrogen-bond donors (Lipinski definition) is 1. The van der Waals surface area contributed by atoms with E-state index >= 15 is 0 Å². The lowest BCUT2D eigenvalue weighted by molar-refractivity contribution is 0.172. The lowest BCUT2D eigenvalue weighted by atomic mass is 9.71. The SMILES string of the molecule is CNC1CCC(C(C)C)CC1Cc1cccc(OC)c1F. The van der Waals surface area contributed by atoms with E-state index in [2.05, 4.69) is 19.2 Å². The average molecular weight is 293 g/mol. The molecule has 2 nitrogen and oxygen atoms in total. The molecule has 21 heavy (non-hydrogen) atoms. The van der Waals surface area contributed by atoms with Crippen LogP contribution in [-0.2, 0) is 6.42 Å². The van der Waals surface area contributed by atoms with E-state index in [0.29, 0.717) is 23.6 Å². The van der Waals surface area contributed by atoms with Crippen LogP contribution in [0.1, 0.15) is 38.7 Å². The van der Waals surface area contributed by atoms with Gasteiger partial charge < -0.3 is 10.1 Å². The smallest absolute Gasteiger partial charge is 0.168 e. The molecule has 1 fully saturated rings. The molecule has 0 radical (unpaired) electrons. The second-order valence-electron chi connectivity index (χ2n) is 6.61. The molecule has 0 spiro atoms. The van der Waals surface area contributed by atoms with Gasteiger partial charge in [0.15, 0.2) is 11.6 Å². The van der Waals surface area contributed by atoms with E-state index in [1.807, 2.05) is 19.2 Å². The van der Waals surface area contributed by atoms with Crippen LogP contribution >= 0.6 is 0 Å². The van der Waals surface area contributed by atoms with Crippen LogP contribution in [0.4, 0.5) is 4.39 Å². The fraction of sp³-hybridized carbons (Fsp3) is 0.667. The third kappa shape index (κ3) is 3.76. The molecule has 0 aromatic heterocycles. The minimum Gasteiger partial charge on any atom is -0.494 e. The summed E-state index contributed by atoms with van der Waals surface area (Å²) in [7, 11) is 3.54. The molecule has 3 unspecified atom stereocenters. The van der Waals surface area contributed by atoms with Crippen LogP contribution in [0.3, 0.4) is 0 Å². The summed E-state index contributed by atoms with van der Waals surface area (Å²) in [4.78, 5) is 0. The summed E-state index contributed by atoms with van der Waals surface area (Å²) in [6.45, 7) is 4.60. The number of halogens is 1. The van der Waals surface area contributed by atoms with Crippen molar-refractivity contribution >= 4 is 0 Å². The van der Waals surface area contributed by atoms with Crippen LogP contribution < -0.4 is 10.1 Å². The first-order valence-corrected chi connectivity index (χ1v) is 8.05. The highest BCUT2D eigenvalue weighted by Gasteiger charge is 2.31.